The van der Waals surface area contributed by atoms with Crippen molar-refractivity contribution < 1.29 is 0 Å². The summed E-state index contributed by atoms with van der Waals surface area (Å²) >= 11 is 0. The second-order valence-electron chi connectivity index (χ2n) is 18.9. The van der Waals surface area contributed by atoms with E-state index in [1.807, 2.05) is 52.1 Å². The molecule has 0 fully saturated rings. The zero-order valence-corrected chi connectivity index (χ0v) is 46.7. The maximum Gasteiger partial charge on any atom is 0.0669 e. The van der Waals surface area contributed by atoms with E-state index in [1.165, 1.54) is 0 Å². The number of hydrogen-bond donors (Lipinski definition) is 0. The van der Waals surface area contributed by atoms with Crippen molar-refractivity contribution in [3.8, 4) is 0 Å². The Bertz CT molecular complexity index is 605. The lowest BCUT2D eigenvalue weighted by Crippen LogP contribution is -2.49. The Labute approximate surface area is 365 Å². The van der Waals surface area contributed by atoms with E-state index < -0.39 is 0 Å². The molecule has 0 rings (SSSR count). The van der Waals surface area contributed by atoms with Crippen molar-refractivity contribution in [1.29, 1.82) is 0 Å². The van der Waals surface area contributed by atoms with Crippen molar-refractivity contribution in [3.05, 3.63) is 0 Å². The molecule has 0 aliphatic carbocycles. The summed E-state index contributed by atoms with van der Waals surface area (Å²) < 4.78 is 0. The molecule has 360 valence electrons. The van der Waals surface area contributed by atoms with Crippen LogP contribution in [0.15, 0.2) is 0 Å². The highest BCUT2D eigenvalue weighted by Crippen LogP contribution is 2.11. The molecule has 0 saturated carbocycles. The van der Waals surface area contributed by atoms with Gasteiger partial charge in [-0.25, -0.2) is 0 Å². The molecule has 0 unspecified atom stereocenters. The van der Waals surface area contributed by atoms with Gasteiger partial charge in [0.2, 0.25) is 0 Å². The molecule has 0 amide bonds. The Morgan fingerprint density at radius 3 is 0.456 bits per heavy atom. The van der Waals surface area contributed by atoms with Crippen molar-refractivity contribution in [3.63, 3.8) is 0 Å². The third-order valence-electron chi connectivity index (χ3n) is 7.05. The molecule has 57 heavy (non-hydrogen) atoms. The summed E-state index contributed by atoms with van der Waals surface area (Å²) in [5, 5.41) is 0. The summed E-state index contributed by atoms with van der Waals surface area (Å²) in [7, 11) is 61.6. The van der Waals surface area contributed by atoms with Crippen molar-refractivity contribution in [1.82, 2.24) is 68.6 Å². The van der Waals surface area contributed by atoms with Crippen LogP contribution < -0.4 is 0 Å². The summed E-state index contributed by atoms with van der Waals surface area (Å²) in [4.78, 5) is 29.8. The molecular formula is C43H118N14. The van der Waals surface area contributed by atoms with Crippen LogP contribution in [0.25, 0.3) is 0 Å². The number of hydrogen-bond acceptors (Lipinski definition) is 14. The molecule has 0 aromatic rings. The fourth-order valence-electron chi connectivity index (χ4n) is 2.56. The predicted molar refractivity (Wildman–Crippen MR) is 267 cm³/mol. The highest BCUT2D eigenvalue weighted by molar-refractivity contribution is 4.72. The maximum atomic E-state index is 2.19. The van der Waals surface area contributed by atoms with Gasteiger partial charge in [-0.2, -0.15) is 0 Å². The Morgan fingerprint density at radius 2 is 0.456 bits per heavy atom. The normalized spacial score (nSPS) is 11.2. The molecule has 0 aromatic carbocycles. The summed E-state index contributed by atoms with van der Waals surface area (Å²) in [5.74, 6) is 0. The van der Waals surface area contributed by atoms with Gasteiger partial charge in [0.1, 0.15) is 0 Å². The second kappa shape index (κ2) is 49.8. The molecule has 0 aliphatic heterocycles. The van der Waals surface area contributed by atoms with Crippen LogP contribution in [0, 0.1) is 0 Å². The van der Waals surface area contributed by atoms with Crippen LogP contribution in [-0.2, 0) is 0 Å². The van der Waals surface area contributed by atoms with Crippen molar-refractivity contribution in [2.75, 3.05) is 238 Å². The lowest BCUT2D eigenvalue weighted by molar-refractivity contribution is 0.0400. The Hall–Kier alpha value is -0.560. The SMILES string of the molecule is CC(C)N(C)C.CC(N(C)C)N(C)C.CCN(C)C.CN(C)C.CN(C)C.CN(C)C(C)(C)N(C)C.CN(C)CN(C)C.CN(C)CN(C)C.CN(C)CN(C)C. The molecule has 0 bridgehead atoms. The summed E-state index contributed by atoms with van der Waals surface area (Å²) in [6, 6.07) is 0.685. The number of rotatable bonds is 12. The van der Waals surface area contributed by atoms with E-state index in [4.69, 9.17) is 0 Å². The van der Waals surface area contributed by atoms with Gasteiger partial charge in [-0.1, -0.05) is 6.92 Å². The van der Waals surface area contributed by atoms with Gasteiger partial charge in [0.25, 0.3) is 0 Å². The second-order valence-corrected chi connectivity index (χ2v) is 18.9. The molecular weight excluding hydrogens is 713 g/mol. The van der Waals surface area contributed by atoms with Gasteiger partial charge in [-0.15, -0.1) is 0 Å². The predicted octanol–water partition coefficient (Wildman–Crippen LogP) is 3.38. The highest BCUT2D eigenvalue weighted by Gasteiger charge is 2.21. The van der Waals surface area contributed by atoms with Crippen LogP contribution in [-0.4, -0.2) is 324 Å². The lowest BCUT2D eigenvalue weighted by Gasteiger charge is -2.38. The average Bonchev–Trinajstić information content (AvgIpc) is 2.95. The first kappa shape index (κ1) is 77.1. The summed E-state index contributed by atoms with van der Waals surface area (Å²) in [6.07, 6.45) is 0.537. The van der Waals surface area contributed by atoms with Crippen LogP contribution in [0.4, 0.5) is 0 Å². The first-order valence-corrected chi connectivity index (χ1v) is 20.3. The smallest absolute Gasteiger partial charge is 0.0669 e. The minimum absolute atomic E-state index is 0.167. The first-order valence-electron chi connectivity index (χ1n) is 20.3. The van der Waals surface area contributed by atoms with Gasteiger partial charge >= 0.3 is 0 Å². The fraction of sp³-hybridized carbons (Fsp3) is 1.00. The van der Waals surface area contributed by atoms with Crippen LogP contribution in [0.2, 0.25) is 0 Å². The highest BCUT2D eigenvalue weighted by atomic mass is 15.3. The zero-order valence-electron chi connectivity index (χ0n) is 46.7. The minimum Gasteiger partial charge on any atom is -0.312 e. The zero-order chi connectivity index (χ0) is 48.6. The maximum absolute atomic E-state index is 2.19. The third-order valence-corrected chi connectivity index (χ3v) is 7.05. The van der Waals surface area contributed by atoms with Crippen LogP contribution in [0.5, 0.6) is 0 Å². The van der Waals surface area contributed by atoms with Gasteiger partial charge in [0, 0.05) is 26.0 Å². The summed E-state index contributed by atoms with van der Waals surface area (Å²) in [6.45, 7) is 17.2. The molecule has 0 heterocycles. The van der Waals surface area contributed by atoms with Crippen molar-refractivity contribution in [2.24, 2.45) is 0 Å². The van der Waals surface area contributed by atoms with Gasteiger partial charge in [0.05, 0.1) is 11.8 Å². The quantitative estimate of drug-likeness (QED) is 0.271. The molecule has 0 saturated heterocycles. The molecule has 14 heteroatoms. The Kier molecular flexibility index (Phi) is 67.3. The van der Waals surface area contributed by atoms with Gasteiger partial charge in [-0.05, 0) is 253 Å². The summed E-state index contributed by atoms with van der Waals surface area (Å²) in [5.41, 5.74) is 0.167. The van der Waals surface area contributed by atoms with E-state index in [1.54, 1.807) is 0 Å². The third kappa shape index (κ3) is 113. The van der Waals surface area contributed by atoms with Crippen LogP contribution in [0.3, 0.4) is 0 Å². The van der Waals surface area contributed by atoms with Gasteiger partial charge in [-0.3, -0.25) is 49.0 Å². The minimum atomic E-state index is 0.167. The average molecular weight is 832 g/mol. The number of nitrogens with zero attached hydrogens (tertiary/aromatic N) is 14. The molecule has 0 radical (unpaired) electrons. The molecule has 0 atom stereocenters. The van der Waals surface area contributed by atoms with E-state index in [0.29, 0.717) is 12.2 Å². The van der Waals surface area contributed by atoms with Gasteiger partial charge < -0.3 is 19.6 Å². The van der Waals surface area contributed by atoms with Gasteiger partial charge in [0.15, 0.2) is 0 Å². The molecule has 0 N–H and O–H groups in total. The van der Waals surface area contributed by atoms with Crippen molar-refractivity contribution >= 4 is 0 Å². The van der Waals surface area contributed by atoms with E-state index in [0.717, 1.165) is 26.6 Å². The van der Waals surface area contributed by atoms with Crippen LogP contribution >= 0.6 is 0 Å². The van der Waals surface area contributed by atoms with E-state index in [2.05, 4.69) is 269 Å². The van der Waals surface area contributed by atoms with Crippen molar-refractivity contribution in [2.45, 2.75) is 59.4 Å². The van der Waals surface area contributed by atoms with Crippen LogP contribution in [0.1, 0.15) is 41.5 Å². The monoisotopic (exact) mass is 831 g/mol. The standard InChI is InChI=1S/C7H18N2.C6H16N2.3C5H14N2.C5H13N.C4H11N.2C3H9N/c1-7(2,8(3)4)9(5)6;1-6(7(2)3)8(4)5;3*1-6(2)5-7(3)4;1-5(2)6(3)4;1-4-5(2)3;2*1-4(2)3/h1-6H3;6H,1-5H3;3*5H2,1-4H3;5H,1-4H3;4H2,1-3H3;2*1-3H3. The largest absolute Gasteiger partial charge is 0.312 e. The molecule has 0 spiro atoms. The van der Waals surface area contributed by atoms with E-state index >= 15 is 0 Å². The first-order chi connectivity index (χ1) is 25.2. The Morgan fingerprint density at radius 1 is 0.316 bits per heavy atom. The fourth-order valence-corrected chi connectivity index (χ4v) is 2.56. The lowest BCUT2D eigenvalue weighted by atomic mass is 10.2. The topological polar surface area (TPSA) is 45.4 Å². The Balaban J connectivity index is -0.0000000657. The molecule has 0 aliphatic rings. The molecule has 14 nitrogen and oxygen atoms in total. The van der Waals surface area contributed by atoms with E-state index in [-0.39, 0.29) is 5.66 Å². The van der Waals surface area contributed by atoms with E-state index in [9.17, 15) is 0 Å². The molecule has 0 aromatic heterocycles.